The van der Waals surface area contributed by atoms with Crippen LogP contribution in [-0.4, -0.2) is 22.9 Å². The van der Waals surface area contributed by atoms with Crippen molar-refractivity contribution in [1.29, 1.82) is 0 Å². The van der Waals surface area contributed by atoms with Crippen molar-refractivity contribution in [2.75, 3.05) is 0 Å². The number of carboxylic acid groups (broad SMARTS) is 1. The van der Waals surface area contributed by atoms with E-state index >= 15 is 0 Å². The number of amides is 2. The molecule has 0 unspecified atom stereocenters. The average Bonchev–Trinajstić information content (AvgIpc) is 3.19. The van der Waals surface area contributed by atoms with Gasteiger partial charge in [-0.1, -0.05) is 45.1 Å². The van der Waals surface area contributed by atoms with Crippen molar-refractivity contribution in [3.8, 4) is 0 Å². The molecule has 2 aliphatic rings. The largest absolute Gasteiger partial charge is 0.481 e. The zero-order valence-electron chi connectivity index (χ0n) is 15.2. The fourth-order valence-corrected chi connectivity index (χ4v) is 3.91. The predicted octanol–water partition coefficient (Wildman–Crippen LogP) is 2.27. The summed E-state index contributed by atoms with van der Waals surface area (Å²) in [5, 5.41) is 9.40. The van der Waals surface area contributed by atoms with Gasteiger partial charge in [0.05, 0.1) is 11.8 Å². The maximum absolute atomic E-state index is 12.4. The molecule has 2 aliphatic carbocycles. The third kappa shape index (κ3) is 3.36. The molecule has 1 aromatic rings. The van der Waals surface area contributed by atoms with Crippen molar-refractivity contribution >= 4 is 17.8 Å². The standard InChI is InChI=1S/C20H24N2O4/c1-20(2,3)14-8-6-11(7-9-14)17(23)21-22-18(24)15-12-4-5-13(10-12)16(15)19(25)26/h4-9,12-13,15-16H,10H2,1-3H3,(H,21,23)(H,22,24)(H,25,26)/t12-,13-,15-,16+/m0/s1. The van der Waals surface area contributed by atoms with E-state index in [1.807, 2.05) is 24.3 Å². The van der Waals surface area contributed by atoms with Crippen LogP contribution < -0.4 is 10.9 Å². The second kappa shape index (κ2) is 6.59. The van der Waals surface area contributed by atoms with Gasteiger partial charge < -0.3 is 5.11 Å². The molecular weight excluding hydrogens is 332 g/mol. The van der Waals surface area contributed by atoms with Crippen LogP contribution in [0.15, 0.2) is 36.4 Å². The molecule has 2 amide bonds. The van der Waals surface area contributed by atoms with Gasteiger partial charge in [0.15, 0.2) is 0 Å². The summed E-state index contributed by atoms with van der Waals surface area (Å²) in [5.41, 5.74) is 6.33. The summed E-state index contributed by atoms with van der Waals surface area (Å²) in [5.74, 6) is -3.40. The number of carbonyl (C=O) groups excluding carboxylic acids is 2. The number of carbonyl (C=O) groups is 3. The Hall–Kier alpha value is -2.63. The average molecular weight is 356 g/mol. The van der Waals surface area contributed by atoms with E-state index in [0.717, 1.165) is 5.56 Å². The highest BCUT2D eigenvalue weighted by atomic mass is 16.4. The minimum absolute atomic E-state index is 0.00955. The van der Waals surface area contributed by atoms with Gasteiger partial charge in [0.2, 0.25) is 5.91 Å². The molecule has 1 saturated carbocycles. The van der Waals surface area contributed by atoms with Crippen molar-refractivity contribution in [3.05, 3.63) is 47.5 Å². The van der Waals surface area contributed by atoms with E-state index in [1.165, 1.54) is 0 Å². The van der Waals surface area contributed by atoms with Gasteiger partial charge in [-0.15, -0.1) is 0 Å². The maximum atomic E-state index is 12.4. The van der Waals surface area contributed by atoms with Crippen LogP contribution in [0.25, 0.3) is 0 Å². The summed E-state index contributed by atoms with van der Waals surface area (Å²) >= 11 is 0. The molecule has 3 rings (SSSR count). The number of benzene rings is 1. The van der Waals surface area contributed by atoms with E-state index in [9.17, 15) is 19.5 Å². The quantitative estimate of drug-likeness (QED) is 0.572. The molecule has 0 radical (unpaired) electrons. The van der Waals surface area contributed by atoms with Gasteiger partial charge in [0, 0.05) is 5.56 Å². The number of hydrogen-bond acceptors (Lipinski definition) is 3. The van der Waals surface area contributed by atoms with E-state index in [4.69, 9.17) is 0 Å². The van der Waals surface area contributed by atoms with Crippen LogP contribution in [0.2, 0.25) is 0 Å². The molecule has 1 aromatic carbocycles. The van der Waals surface area contributed by atoms with Crippen LogP contribution in [0.4, 0.5) is 0 Å². The molecule has 138 valence electrons. The Morgan fingerprint density at radius 3 is 2.08 bits per heavy atom. The number of rotatable bonds is 3. The lowest BCUT2D eigenvalue weighted by atomic mass is 9.82. The van der Waals surface area contributed by atoms with E-state index < -0.39 is 29.6 Å². The highest BCUT2D eigenvalue weighted by molar-refractivity contribution is 5.96. The lowest BCUT2D eigenvalue weighted by molar-refractivity contribution is -0.148. The molecule has 0 aliphatic heterocycles. The van der Waals surface area contributed by atoms with Gasteiger partial charge in [-0.3, -0.25) is 25.2 Å². The maximum Gasteiger partial charge on any atom is 0.307 e. The third-order valence-electron chi connectivity index (χ3n) is 5.36. The number of aliphatic carboxylic acids is 1. The molecule has 26 heavy (non-hydrogen) atoms. The van der Waals surface area contributed by atoms with Crippen LogP contribution in [0.5, 0.6) is 0 Å². The highest BCUT2D eigenvalue weighted by Crippen LogP contribution is 2.48. The minimum Gasteiger partial charge on any atom is -0.481 e. The summed E-state index contributed by atoms with van der Waals surface area (Å²) in [6.07, 6.45) is 4.46. The molecular formula is C20H24N2O4. The number of hydrogen-bond donors (Lipinski definition) is 3. The Balaban J connectivity index is 1.62. The van der Waals surface area contributed by atoms with Crippen molar-refractivity contribution in [2.45, 2.75) is 32.6 Å². The van der Waals surface area contributed by atoms with E-state index in [1.54, 1.807) is 12.1 Å². The smallest absolute Gasteiger partial charge is 0.307 e. The molecule has 0 aromatic heterocycles. The first kappa shape index (κ1) is 18.2. The summed E-state index contributed by atoms with van der Waals surface area (Å²) < 4.78 is 0. The van der Waals surface area contributed by atoms with Crippen molar-refractivity contribution in [1.82, 2.24) is 10.9 Å². The molecule has 0 heterocycles. The van der Waals surface area contributed by atoms with Gasteiger partial charge >= 0.3 is 5.97 Å². The van der Waals surface area contributed by atoms with Crippen LogP contribution in [0.1, 0.15) is 43.1 Å². The number of nitrogens with one attached hydrogen (secondary N) is 2. The molecule has 4 atom stereocenters. The second-order valence-electron chi connectivity index (χ2n) is 8.11. The summed E-state index contributed by atoms with van der Waals surface area (Å²) in [6.45, 7) is 6.26. The van der Waals surface area contributed by atoms with E-state index in [-0.39, 0.29) is 17.3 Å². The fourth-order valence-electron chi connectivity index (χ4n) is 3.91. The van der Waals surface area contributed by atoms with Crippen LogP contribution >= 0.6 is 0 Å². The molecule has 2 bridgehead atoms. The van der Waals surface area contributed by atoms with Crippen molar-refractivity contribution in [2.24, 2.45) is 23.7 Å². The van der Waals surface area contributed by atoms with Crippen LogP contribution in [-0.2, 0) is 15.0 Å². The number of hydrazine groups is 1. The molecule has 6 nitrogen and oxygen atoms in total. The number of allylic oxidation sites excluding steroid dienone is 2. The summed E-state index contributed by atoms with van der Waals surface area (Å²) in [7, 11) is 0. The highest BCUT2D eigenvalue weighted by Gasteiger charge is 2.51. The second-order valence-corrected chi connectivity index (χ2v) is 8.11. The molecule has 1 fully saturated rings. The monoisotopic (exact) mass is 356 g/mol. The number of carboxylic acids is 1. The molecule has 0 spiro atoms. The Morgan fingerprint density at radius 1 is 0.962 bits per heavy atom. The normalized spacial score (nSPS) is 26.6. The predicted molar refractivity (Wildman–Crippen MR) is 96.1 cm³/mol. The van der Waals surface area contributed by atoms with E-state index in [0.29, 0.717) is 12.0 Å². The number of fused-ring (bicyclic) bond motifs is 2. The Kier molecular flexibility index (Phi) is 4.61. The molecule has 3 N–H and O–H groups in total. The fraction of sp³-hybridized carbons (Fsp3) is 0.450. The van der Waals surface area contributed by atoms with Gasteiger partial charge in [-0.05, 0) is 41.4 Å². The first-order chi connectivity index (χ1) is 12.2. The Labute approximate surface area is 152 Å². The van der Waals surface area contributed by atoms with Crippen molar-refractivity contribution in [3.63, 3.8) is 0 Å². The Morgan fingerprint density at radius 2 is 1.54 bits per heavy atom. The lowest BCUT2D eigenvalue weighted by Crippen LogP contribution is -2.48. The zero-order valence-corrected chi connectivity index (χ0v) is 15.2. The molecule has 0 saturated heterocycles. The topological polar surface area (TPSA) is 95.5 Å². The first-order valence-electron chi connectivity index (χ1n) is 8.80. The van der Waals surface area contributed by atoms with Crippen LogP contribution in [0.3, 0.4) is 0 Å². The van der Waals surface area contributed by atoms with Crippen molar-refractivity contribution < 1.29 is 19.5 Å². The molecule has 6 heteroatoms. The first-order valence-corrected chi connectivity index (χ1v) is 8.80. The minimum atomic E-state index is -0.967. The van der Waals surface area contributed by atoms with Gasteiger partial charge in [-0.2, -0.15) is 0 Å². The zero-order chi connectivity index (χ0) is 19.1. The summed E-state index contributed by atoms with van der Waals surface area (Å²) in [4.78, 5) is 36.2. The van der Waals surface area contributed by atoms with E-state index in [2.05, 4.69) is 31.6 Å². The Bertz CT molecular complexity index is 761. The summed E-state index contributed by atoms with van der Waals surface area (Å²) in [6, 6.07) is 7.20. The third-order valence-corrected chi connectivity index (χ3v) is 5.36. The van der Waals surface area contributed by atoms with Crippen LogP contribution in [0, 0.1) is 23.7 Å². The lowest BCUT2D eigenvalue weighted by Gasteiger charge is -2.24. The van der Waals surface area contributed by atoms with Gasteiger partial charge in [0.25, 0.3) is 5.91 Å². The van der Waals surface area contributed by atoms with Gasteiger partial charge in [0.1, 0.15) is 0 Å². The van der Waals surface area contributed by atoms with Gasteiger partial charge in [-0.25, -0.2) is 0 Å². The SMILES string of the molecule is CC(C)(C)c1ccc(C(=O)NNC(=O)[C@@H]2[C@H](C(=O)O)[C@H]3C=C[C@H]2C3)cc1.